The number of hydrogen-bond acceptors (Lipinski definition) is 4. The predicted molar refractivity (Wildman–Crippen MR) is 73.2 cm³/mol. The van der Waals surface area contributed by atoms with Crippen molar-refractivity contribution >= 4 is 33.3 Å². The molecule has 0 saturated heterocycles. The van der Waals surface area contributed by atoms with Crippen LogP contribution >= 0.6 is 15.9 Å². The molecule has 2 rings (SSSR count). The van der Waals surface area contributed by atoms with Gasteiger partial charge in [0.25, 0.3) is 0 Å². The fraction of sp³-hybridized carbons (Fsp3) is 0.167. The molecule has 88 valence electrons. The number of anilines is 3. The Kier molecular flexibility index (Phi) is 3.58. The smallest absolute Gasteiger partial charge is 0.149 e. The Bertz CT molecular complexity index is 510. The molecule has 0 saturated carbocycles. The molecule has 0 bridgehead atoms. The van der Waals surface area contributed by atoms with E-state index in [-0.39, 0.29) is 0 Å². The average Bonchev–Trinajstić information content (AvgIpc) is 2.34. The Hall–Kier alpha value is -1.62. The van der Waals surface area contributed by atoms with Gasteiger partial charge in [-0.05, 0) is 30.2 Å². The topological polar surface area (TPSA) is 63.8 Å². The van der Waals surface area contributed by atoms with E-state index >= 15 is 0 Å². The molecule has 2 aromatic rings. The highest BCUT2D eigenvalue weighted by Gasteiger charge is 2.03. The number of nitrogen functional groups attached to an aromatic ring is 1. The minimum Gasteiger partial charge on any atom is -0.382 e. The predicted octanol–water partition coefficient (Wildman–Crippen LogP) is 3.13. The molecular weight excluding hydrogens is 280 g/mol. The van der Waals surface area contributed by atoms with Crippen molar-refractivity contribution in [2.45, 2.75) is 13.3 Å². The van der Waals surface area contributed by atoms with Crippen LogP contribution in [-0.2, 0) is 6.42 Å². The number of nitrogens with one attached hydrogen (secondary N) is 1. The number of nitrogens with zero attached hydrogens (tertiary/aromatic N) is 2. The maximum atomic E-state index is 5.49. The number of rotatable bonds is 3. The van der Waals surface area contributed by atoms with Gasteiger partial charge in [-0.2, -0.15) is 0 Å². The van der Waals surface area contributed by atoms with E-state index < -0.39 is 0 Å². The van der Waals surface area contributed by atoms with Gasteiger partial charge in [0, 0.05) is 10.2 Å². The van der Waals surface area contributed by atoms with Crippen LogP contribution in [0.3, 0.4) is 0 Å². The number of hydrogen-bond donors (Lipinski definition) is 2. The first kappa shape index (κ1) is 11.9. The summed E-state index contributed by atoms with van der Waals surface area (Å²) in [5.74, 6) is 1.11. The van der Waals surface area contributed by atoms with Crippen LogP contribution in [0.1, 0.15) is 12.5 Å². The standard InChI is InChI=1S/C12H13BrN4/c1-2-8-5-9(13)3-4-10(8)17-12-7-15-11(14)6-16-12/h3-7H,2H2,1H3,(H2,14,15)(H,16,17). The van der Waals surface area contributed by atoms with Crippen molar-refractivity contribution in [1.29, 1.82) is 0 Å². The summed E-state index contributed by atoms with van der Waals surface area (Å²) in [6.45, 7) is 2.11. The molecule has 0 atom stereocenters. The fourth-order valence-electron chi connectivity index (χ4n) is 1.52. The van der Waals surface area contributed by atoms with E-state index in [0.717, 1.165) is 16.6 Å². The summed E-state index contributed by atoms with van der Waals surface area (Å²) < 4.78 is 1.07. The van der Waals surface area contributed by atoms with Crippen molar-refractivity contribution in [3.05, 3.63) is 40.6 Å². The van der Waals surface area contributed by atoms with Crippen molar-refractivity contribution in [3.8, 4) is 0 Å². The highest BCUT2D eigenvalue weighted by molar-refractivity contribution is 9.10. The molecule has 0 aliphatic carbocycles. The van der Waals surface area contributed by atoms with Crippen LogP contribution in [0.15, 0.2) is 35.1 Å². The van der Waals surface area contributed by atoms with Crippen LogP contribution in [0.4, 0.5) is 17.3 Å². The van der Waals surface area contributed by atoms with Crippen molar-refractivity contribution in [2.24, 2.45) is 0 Å². The van der Waals surface area contributed by atoms with E-state index in [1.165, 1.54) is 11.8 Å². The Morgan fingerprint density at radius 2 is 2.12 bits per heavy atom. The molecule has 0 aliphatic heterocycles. The first-order chi connectivity index (χ1) is 8.19. The molecule has 17 heavy (non-hydrogen) atoms. The largest absolute Gasteiger partial charge is 0.382 e. The van der Waals surface area contributed by atoms with Crippen LogP contribution in [-0.4, -0.2) is 9.97 Å². The van der Waals surface area contributed by atoms with Gasteiger partial charge < -0.3 is 11.1 Å². The van der Waals surface area contributed by atoms with Crippen LogP contribution in [0.5, 0.6) is 0 Å². The summed E-state index contributed by atoms with van der Waals surface area (Å²) in [5, 5.41) is 3.23. The number of aryl methyl sites for hydroxylation is 1. The van der Waals surface area contributed by atoms with Gasteiger partial charge in [-0.25, -0.2) is 9.97 Å². The van der Waals surface area contributed by atoms with E-state index in [4.69, 9.17) is 5.73 Å². The van der Waals surface area contributed by atoms with Gasteiger partial charge in [-0.15, -0.1) is 0 Å². The Morgan fingerprint density at radius 1 is 1.29 bits per heavy atom. The molecule has 5 heteroatoms. The van der Waals surface area contributed by atoms with Crippen LogP contribution in [0, 0.1) is 0 Å². The van der Waals surface area contributed by atoms with Gasteiger partial charge in [0.15, 0.2) is 0 Å². The summed E-state index contributed by atoms with van der Waals surface area (Å²) in [6.07, 6.45) is 4.10. The zero-order chi connectivity index (χ0) is 12.3. The molecule has 4 nitrogen and oxygen atoms in total. The number of benzene rings is 1. The zero-order valence-electron chi connectivity index (χ0n) is 9.44. The molecule has 1 aromatic carbocycles. The molecule has 0 radical (unpaired) electrons. The monoisotopic (exact) mass is 292 g/mol. The second-order valence-electron chi connectivity index (χ2n) is 3.61. The Labute approximate surface area is 108 Å². The highest BCUT2D eigenvalue weighted by atomic mass is 79.9. The molecular formula is C12H13BrN4. The number of nitrogens with two attached hydrogens (primary N) is 1. The van der Waals surface area contributed by atoms with Crippen molar-refractivity contribution < 1.29 is 0 Å². The van der Waals surface area contributed by atoms with Gasteiger partial charge in [-0.3, -0.25) is 0 Å². The van der Waals surface area contributed by atoms with Crippen LogP contribution < -0.4 is 11.1 Å². The fourth-order valence-corrected chi connectivity index (χ4v) is 1.93. The molecule has 0 spiro atoms. The number of aromatic nitrogens is 2. The summed E-state index contributed by atoms with van der Waals surface area (Å²) in [6, 6.07) is 6.10. The SMILES string of the molecule is CCc1cc(Br)ccc1Nc1cnc(N)cn1. The highest BCUT2D eigenvalue weighted by Crippen LogP contribution is 2.23. The molecule has 0 unspecified atom stereocenters. The molecule has 0 fully saturated rings. The van der Waals surface area contributed by atoms with Gasteiger partial charge >= 0.3 is 0 Å². The number of halogens is 1. The molecule has 3 N–H and O–H groups in total. The average molecular weight is 293 g/mol. The van der Waals surface area contributed by atoms with E-state index in [9.17, 15) is 0 Å². The van der Waals surface area contributed by atoms with E-state index in [1.807, 2.05) is 12.1 Å². The maximum Gasteiger partial charge on any atom is 0.149 e. The molecule has 0 amide bonds. The van der Waals surface area contributed by atoms with E-state index in [2.05, 4.69) is 44.2 Å². The van der Waals surface area contributed by atoms with Crippen molar-refractivity contribution in [3.63, 3.8) is 0 Å². The van der Waals surface area contributed by atoms with Crippen molar-refractivity contribution in [2.75, 3.05) is 11.1 Å². The summed E-state index contributed by atoms with van der Waals surface area (Å²) in [4.78, 5) is 8.15. The summed E-state index contributed by atoms with van der Waals surface area (Å²) in [5.41, 5.74) is 7.75. The van der Waals surface area contributed by atoms with Gasteiger partial charge in [-0.1, -0.05) is 22.9 Å². The first-order valence-corrected chi connectivity index (χ1v) is 6.11. The van der Waals surface area contributed by atoms with Crippen LogP contribution in [0.25, 0.3) is 0 Å². The Balaban J connectivity index is 2.26. The zero-order valence-corrected chi connectivity index (χ0v) is 11.0. The van der Waals surface area contributed by atoms with E-state index in [0.29, 0.717) is 11.6 Å². The first-order valence-electron chi connectivity index (χ1n) is 5.32. The third-order valence-corrected chi connectivity index (χ3v) is 2.88. The van der Waals surface area contributed by atoms with E-state index in [1.54, 1.807) is 6.20 Å². The minimum atomic E-state index is 0.419. The van der Waals surface area contributed by atoms with Gasteiger partial charge in [0.1, 0.15) is 11.6 Å². The second-order valence-corrected chi connectivity index (χ2v) is 4.52. The lowest BCUT2D eigenvalue weighted by Crippen LogP contribution is -1.99. The summed E-state index contributed by atoms with van der Waals surface area (Å²) >= 11 is 3.46. The maximum absolute atomic E-state index is 5.49. The quantitative estimate of drug-likeness (QED) is 0.912. The molecule has 0 aliphatic rings. The molecule has 1 heterocycles. The molecule has 1 aromatic heterocycles. The van der Waals surface area contributed by atoms with Crippen LogP contribution in [0.2, 0.25) is 0 Å². The van der Waals surface area contributed by atoms with Gasteiger partial charge in [0.05, 0.1) is 12.4 Å². The second kappa shape index (κ2) is 5.14. The lowest BCUT2D eigenvalue weighted by molar-refractivity contribution is 1.13. The van der Waals surface area contributed by atoms with Gasteiger partial charge in [0.2, 0.25) is 0 Å². The summed E-state index contributed by atoms with van der Waals surface area (Å²) in [7, 11) is 0. The normalized spacial score (nSPS) is 10.2. The minimum absolute atomic E-state index is 0.419. The third kappa shape index (κ3) is 2.94. The van der Waals surface area contributed by atoms with Crippen molar-refractivity contribution in [1.82, 2.24) is 9.97 Å². The lowest BCUT2D eigenvalue weighted by Gasteiger charge is -2.10. The third-order valence-electron chi connectivity index (χ3n) is 2.38. The Morgan fingerprint density at radius 3 is 2.76 bits per heavy atom. The lowest BCUT2D eigenvalue weighted by atomic mass is 10.1.